The smallest absolute Gasteiger partial charge is 0.274 e. The molecule has 0 bridgehead atoms. The quantitative estimate of drug-likeness (QED) is 0.752. The number of nitrogens with one attached hydrogen (secondary N) is 2. The average Bonchev–Trinajstić information content (AvgIpc) is 2.69. The maximum Gasteiger partial charge on any atom is 0.274 e. The molecule has 2 aromatic carbocycles. The molecule has 6 heteroatoms. The second-order valence-electron chi connectivity index (χ2n) is 5.36. The predicted molar refractivity (Wildman–Crippen MR) is 97.8 cm³/mol. The predicted octanol–water partition coefficient (Wildman–Crippen LogP) is 3.82. The molecule has 26 heavy (non-hydrogen) atoms. The molecule has 0 aliphatic carbocycles. The monoisotopic (exact) mass is 339 g/mol. The lowest BCUT2D eigenvalue weighted by Gasteiger charge is -2.09. The van der Waals surface area contributed by atoms with Crippen LogP contribution in [0.3, 0.4) is 0 Å². The summed E-state index contributed by atoms with van der Waals surface area (Å²) in [7, 11) is 0. The van der Waals surface area contributed by atoms with Crippen LogP contribution < -0.4 is 10.6 Å². The maximum atomic E-state index is 12.3. The van der Waals surface area contributed by atoms with E-state index in [0.29, 0.717) is 28.2 Å². The summed E-state index contributed by atoms with van der Waals surface area (Å²) in [5, 5.41) is 23.8. The van der Waals surface area contributed by atoms with Crippen molar-refractivity contribution in [2.75, 3.05) is 10.6 Å². The molecule has 1 amide bonds. The van der Waals surface area contributed by atoms with Crippen LogP contribution in [-0.2, 0) is 0 Å². The highest BCUT2D eigenvalue weighted by Gasteiger charge is 2.09. The van der Waals surface area contributed by atoms with E-state index in [-0.39, 0.29) is 11.6 Å². The van der Waals surface area contributed by atoms with E-state index in [1.54, 1.807) is 54.6 Å². The van der Waals surface area contributed by atoms with Crippen molar-refractivity contribution in [1.82, 2.24) is 4.98 Å². The first-order valence-corrected chi connectivity index (χ1v) is 7.73. The summed E-state index contributed by atoms with van der Waals surface area (Å²) >= 11 is 0. The van der Waals surface area contributed by atoms with Gasteiger partial charge in [-0.1, -0.05) is 18.2 Å². The van der Waals surface area contributed by atoms with Gasteiger partial charge in [0.25, 0.3) is 5.91 Å². The van der Waals surface area contributed by atoms with E-state index in [2.05, 4.69) is 21.7 Å². The van der Waals surface area contributed by atoms with E-state index in [1.165, 1.54) is 6.20 Å². The summed E-state index contributed by atoms with van der Waals surface area (Å²) in [5.41, 5.74) is 3.09. The molecular weight excluding hydrogens is 326 g/mol. The SMILES string of the molecule is N#Cc1cccc(NC(=O)c2ccc(Nc3ccccc3C#N)cn2)c1. The fourth-order valence-corrected chi connectivity index (χ4v) is 2.31. The number of hydrogen-bond donors (Lipinski definition) is 2. The third-order valence-corrected chi connectivity index (χ3v) is 3.57. The summed E-state index contributed by atoms with van der Waals surface area (Å²) in [5.74, 6) is -0.371. The highest BCUT2D eigenvalue weighted by atomic mass is 16.1. The number of benzene rings is 2. The lowest BCUT2D eigenvalue weighted by atomic mass is 10.2. The van der Waals surface area contributed by atoms with Gasteiger partial charge in [-0.2, -0.15) is 10.5 Å². The zero-order valence-electron chi connectivity index (χ0n) is 13.6. The largest absolute Gasteiger partial charge is 0.353 e. The van der Waals surface area contributed by atoms with Crippen molar-refractivity contribution in [2.45, 2.75) is 0 Å². The molecule has 0 spiro atoms. The Labute approximate surface area is 150 Å². The molecule has 0 unspecified atom stereocenters. The van der Waals surface area contributed by atoms with Gasteiger partial charge in [0.1, 0.15) is 11.8 Å². The van der Waals surface area contributed by atoms with Gasteiger partial charge >= 0.3 is 0 Å². The van der Waals surface area contributed by atoms with E-state index in [9.17, 15) is 4.79 Å². The Bertz CT molecular complexity index is 1030. The summed E-state index contributed by atoms with van der Waals surface area (Å²) in [6, 6.07) is 21.2. The van der Waals surface area contributed by atoms with Crippen LogP contribution in [-0.4, -0.2) is 10.9 Å². The molecule has 3 rings (SSSR count). The topological polar surface area (TPSA) is 102 Å². The fraction of sp³-hybridized carbons (Fsp3) is 0. The molecule has 0 atom stereocenters. The average molecular weight is 339 g/mol. The number of rotatable bonds is 4. The molecule has 124 valence electrons. The molecule has 1 heterocycles. The molecular formula is C20H13N5O. The second-order valence-corrected chi connectivity index (χ2v) is 5.36. The van der Waals surface area contributed by atoms with Gasteiger partial charge in [0.05, 0.1) is 34.8 Å². The Morgan fingerprint density at radius 1 is 0.923 bits per heavy atom. The number of nitriles is 2. The van der Waals surface area contributed by atoms with Crippen LogP contribution in [0.25, 0.3) is 0 Å². The van der Waals surface area contributed by atoms with Gasteiger partial charge in [-0.05, 0) is 42.5 Å². The number of hydrogen-bond acceptors (Lipinski definition) is 5. The van der Waals surface area contributed by atoms with E-state index in [0.717, 1.165) is 0 Å². The molecule has 3 aromatic rings. The second kappa shape index (κ2) is 7.61. The lowest BCUT2D eigenvalue weighted by Crippen LogP contribution is -2.13. The van der Waals surface area contributed by atoms with Crippen molar-refractivity contribution in [3.63, 3.8) is 0 Å². The van der Waals surface area contributed by atoms with Crippen LogP contribution in [0.1, 0.15) is 21.6 Å². The molecule has 6 nitrogen and oxygen atoms in total. The van der Waals surface area contributed by atoms with Gasteiger partial charge in [-0.15, -0.1) is 0 Å². The first kappa shape index (κ1) is 16.7. The maximum absolute atomic E-state index is 12.3. The fourth-order valence-electron chi connectivity index (χ4n) is 2.31. The van der Waals surface area contributed by atoms with Crippen LogP contribution >= 0.6 is 0 Å². The van der Waals surface area contributed by atoms with Crippen molar-refractivity contribution in [1.29, 1.82) is 10.5 Å². The Hall–Kier alpha value is -4.16. The van der Waals surface area contributed by atoms with E-state index in [1.807, 2.05) is 12.1 Å². The first-order valence-electron chi connectivity index (χ1n) is 7.73. The number of nitrogens with zero attached hydrogens (tertiary/aromatic N) is 3. The van der Waals surface area contributed by atoms with Crippen molar-refractivity contribution in [3.8, 4) is 12.1 Å². The van der Waals surface area contributed by atoms with Gasteiger partial charge < -0.3 is 10.6 Å². The van der Waals surface area contributed by atoms with Crippen LogP contribution in [0.4, 0.5) is 17.1 Å². The number of carbonyl (C=O) groups is 1. The molecule has 0 saturated heterocycles. The Morgan fingerprint density at radius 3 is 2.50 bits per heavy atom. The summed E-state index contributed by atoms with van der Waals surface area (Å²) < 4.78 is 0. The summed E-state index contributed by atoms with van der Waals surface area (Å²) in [6.07, 6.45) is 1.52. The lowest BCUT2D eigenvalue weighted by molar-refractivity contribution is 0.102. The molecule has 0 saturated carbocycles. The van der Waals surface area contributed by atoms with Crippen molar-refractivity contribution < 1.29 is 4.79 Å². The van der Waals surface area contributed by atoms with Gasteiger partial charge in [0.2, 0.25) is 0 Å². The van der Waals surface area contributed by atoms with Crippen LogP contribution in [0.5, 0.6) is 0 Å². The van der Waals surface area contributed by atoms with E-state index < -0.39 is 0 Å². The Morgan fingerprint density at radius 2 is 1.77 bits per heavy atom. The third-order valence-electron chi connectivity index (χ3n) is 3.57. The number of para-hydroxylation sites is 1. The van der Waals surface area contributed by atoms with E-state index in [4.69, 9.17) is 10.5 Å². The standard InChI is InChI=1S/C20H13N5O/c21-11-14-4-3-6-16(10-14)25-20(26)19-9-8-17(13-23-19)24-18-7-2-1-5-15(18)12-22/h1-10,13,24H,(H,25,26). The van der Waals surface area contributed by atoms with Crippen molar-refractivity contribution >= 4 is 23.0 Å². The highest BCUT2D eigenvalue weighted by molar-refractivity contribution is 6.03. The molecule has 1 aromatic heterocycles. The minimum Gasteiger partial charge on any atom is -0.353 e. The summed E-state index contributed by atoms with van der Waals surface area (Å²) in [6.45, 7) is 0. The molecule has 0 radical (unpaired) electrons. The number of aromatic nitrogens is 1. The van der Waals surface area contributed by atoms with Gasteiger partial charge in [0.15, 0.2) is 0 Å². The molecule has 2 N–H and O–H groups in total. The number of amides is 1. The minimum absolute atomic E-state index is 0.242. The zero-order valence-corrected chi connectivity index (χ0v) is 13.6. The van der Waals surface area contributed by atoms with Gasteiger partial charge in [-0.3, -0.25) is 4.79 Å². The first-order chi connectivity index (χ1) is 12.7. The third kappa shape index (κ3) is 3.84. The molecule has 0 aliphatic rings. The van der Waals surface area contributed by atoms with Crippen LogP contribution in [0, 0.1) is 22.7 Å². The molecule has 0 fully saturated rings. The van der Waals surface area contributed by atoms with Crippen LogP contribution in [0.2, 0.25) is 0 Å². The highest BCUT2D eigenvalue weighted by Crippen LogP contribution is 2.20. The normalized spacial score (nSPS) is 9.62. The van der Waals surface area contributed by atoms with E-state index >= 15 is 0 Å². The number of anilines is 3. The number of carbonyl (C=O) groups excluding carboxylic acids is 1. The minimum atomic E-state index is -0.371. The summed E-state index contributed by atoms with van der Waals surface area (Å²) in [4.78, 5) is 16.4. The van der Waals surface area contributed by atoms with Crippen LogP contribution in [0.15, 0.2) is 66.9 Å². The molecule has 0 aliphatic heterocycles. The van der Waals surface area contributed by atoms with Crippen molar-refractivity contribution in [2.24, 2.45) is 0 Å². The van der Waals surface area contributed by atoms with Gasteiger partial charge in [-0.25, -0.2) is 4.98 Å². The van der Waals surface area contributed by atoms with Crippen molar-refractivity contribution in [3.05, 3.63) is 83.7 Å². The van der Waals surface area contributed by atoms with Gasteiger partial charge in [0, 0.05) is 5.69 Å². The Balaban J connectivity index is 1.72. The Kier molecular flexibility index (Phi) is 4.88. The zero-order chi connectivity index (χ0) is 18.4. The number of pyridine rings is 1.